The van der Waals surface area contributed by atoms with Gasteiger partial charge in [-0.25, -0.2) is 4.68 Å². The molecule has 0 amide bonds. The molecule has 0 unspecified atom stereocenters. The Morgan fingerprint density at radius 1 is 1.42 bits per heavy atom. The van der Waals surface area contributed by atoms with Crippen molar-refractivity contribution in [2.45, 2.75) is 45.1 Å². The van der Waals surface area contributed by atoms with Crippen LogP contribution >= 0.6 is 11.6 Å². The molecule has 0 radical (unpaired) electrons. The molecule has 2 aromatic rings. The highest BCUT2D eigenvalue weighted by molar-refractivity contribution is 7.90. The number of halogens is 1. The SMILES string of the molecule is Cc1cccc(Cl)c1-n1ncc2c1COC[C@H]2N[S@@+]([O-])C(C)(C)C. The highest BCUT2D eigenvalue weighted by Crippen LogP contribution is 2.32. The molecule has 1 aliphatic rings. The van der Waals surface area contributed by atoms with Crippen molar-refractivity contribution < 1.29 is 9.29 Å². The maximum absolute atomic E-state index is 12.4. The normalized spacial score (nSPS) is 19.2. The van der Waals surface area contributed by atoms with Crippen LogP contribution in [0.2, 0.25) is 5.02 Å². The van der Waals surface area contributed by atoms with Crippen LogP contribution in [0, 0.1) is 6.92 Å². The van der Waals surface area contributed by atoms with E-state index < -0.39 is 11.4 Å². The van der Waals surface area contributed by atoms with Crippen LogP contribution in [0.4, 0.5) is 0 Å². The van der Waals surface area contributed by atoms with E-state index in [1.807, 2.05) is 56.8 Å². The number of rotatable bonds is 3. The van der Waals surface area contributed by atoms with Gasteiger partial charge in [-0.2, -0.15) is 5.10 Å². The van der Waals surface area contributed by atoms with Crippen LogP contribution in [-0.2, 0) is 22.7 Å². The molecule has 1 N–H and O–H groups in total. The number of nitrogens with one attached hydrogen (secondary N) is 1. The average molecular weight is 368 g/mol. The van der Waals surface area contributed by atoms with Crippen LogP contribution in [0.25, 0.3) is 5.69 Å². The molecule has 3 rings (SSSR count). The van der Waals surface area contributed by atoms with Crippen LogP contribution in [0.5, 0.6) is 0 Å². The molecule has 1 aromatic carbocycles. The summed E-state index contributed by atoms with van der Waals surface area (Å²) < 4.78 is 22.8. The maximum Gasteiger partial charge on any atom is 0.136 e. The number of aryl methyl sites for hydroxylation is 1. The Labute approximate surface area is 150 Å². The monoisotopic (exact) mass is 367 g/mol. The molecular weight excluding hydrogens is 346 g/mol. The highest BCUT2D eigenvalue weighted by Gasteiger charge is 2.34. The first-order valence-corrected chi connectivity index (χ1v) is 9.40. The minimum Gasteiger partial charge on any atom is -0.598 e. The lowest BCUT2D eigenvalue weighted by molar-refractivity contribution is 0.0843. The molecule has 130 valence electrons. The van der Waals surface area contributed by atoms with Crippen LogP contribution < -0.4 is 4.72 Å². The Balaban J connectivity index is 1.96. The first-order valence-electron chi connectivity index (χ1n) is 7.87. The summed E-state index contributed by atoms with van der Waals surface area (Å²) >= 11 is 5.20. The Bertz CT molecular complexity index is 722. The zero-order valence-corrected chi connectivity index (χ0v) is 15.9. The fraction of sp³-hybridized carbons (Fsp3) is 0.471. The van der Waals surface area contributed by atoms with Gasteiger partial charge in [0.1, 0.15) is 10.8 Å². The molecule has 5 nitrogen and oxygen atoms in total. The molecule has 24 heavy (non-hydrogen) atoms. The number of aromatic nitrogens is 2. The maximum atomic E-state index is 12.4. The first kappa shape index (κ1) is 17.8. The number of hydrogen-bond donors (Lipinski definition) is 1. The van der Waals surface area contributed by atoms with E-state index in [9.17, 15) is 4.55 Å². The van der Waals surface area contributed by atoms with Crippen molar-refractivity contribution in [2.75, 3.05) is 6.61 Å². The molecule has 7 heteroatoms. The van der Waals surface area contributed by atoms with Gasteiger partial charge < -0.3 is 9.29 Å². The number of hydrogen-bond acceptors (Lipinski definition) is 4. The number of benzene rings is 1. The van der Waals surface area contributed by atoms with Crippen molar-refractivity contribution in [3.05, 3.63) is 46.2 Å². The van der Waals surface area contributed by atoms with Gasteiger partial charge in [0.2, 0.25) is 0 Å². The standard InChI is InChI=1S/C17H22ClN3O2S/c1-11-6-5-7-13(18)16(11)21-15-10-23-9-14(12(15)8-19-21)20-24(22)17(2,3)4/h5-8,14,20H,9-10H2,1-4H3/t14-,24+/m1/s1. The van der Waals surface area contributed by atoms with E-state index >= 15 is 0 Å². The Kier molecular flexibility index (Phi) is 4.95. The lowest BCUT2D eigenvalue weighted by atomic mass is 10.1. The second-order valence-corrected chi connectivity index (χ2v) is 9.34. The fourth-order valence-corrected chi connectivity index (χ4v) is 3.78. The third kappa shape index (κ3) is 3.34. The van der Waals surface area contributed by atoms with Crippen LogP contribution in [0.1, 0.15) is 43.6 Å². The van der Waals surface area contributed by atoms with Gasteiger partial charge in [-0.05, 0) is 39.3 Å². The number of fused-ring (bicyclic) bond motifs is 1. The molecule has 0 bridgehead atoms. The summed E-state index contributed by atoms with van der Waals surface area (Å²) in [6.07, 6.45) is 1.82. The van der Waals surface area contributed by atoms with E-state index in [4.69, 9.17) is 16.3 Å². The number of para-hydroxylation sites is 1. The number of ether oxygens (including phenoxy) is 1. The van der Waals surface area contributed by atoms with Gasteiger partial charge in [0.25, 0.3) is 0 Å². The van der Waals surface area contributed by atoms with Crippen LogP contribution in [-0.4, -0.2) is 25.7 Å². The second kappa shape index (κ2) is 6.69. The van der Waals surface area contributed by atoms with E-state index in [0.717, 1.165) is 22.5 Å². The fourth-order valence-electron chi connectivity index (χ4n) is 2.67. The van der Waals surface area contributed by atoms with Gasteiger partial charge >= 0.3 is 0 Å². The topological polar surface area (TPSA) is 62.1 Å². The van der Waals surface area contributed by atoms with Gasteiger partial charge in [-0.1, -0.05) is 23.7 Å². The van der Waals surface area contributed by atoms with Crippen molar-refractivity contribution in [2.24, 2.45) is 0 Å². The molecule has 0 spiro atoms. The smallest absolute Gasteiger partial charge is 0.136 e. The first-order chi connectivity index (χ1) is 11.3. The minimum absolute atomic E-state index is 0.148. The average Bonchev–Trinajstić information content (AvgIpc) is 2.91. The molecule has 0 saturated heterocycles. The van der Waals surface area contributed by atoms with Crippen molar-refractivity contribution in [1.82, 2.24) is 14.5 Å². The van der Waals surface area contributed by atoms with Crippen molar-refractivity contribution in [1.29, 1.82) is 0 Å². The summed E-state index contributed by atoms with van der Waals surface area (Å²) in [5.41, 5.74) is 3.86. The summed E-state index contributed by atoms with van der Waals surface area (Å²) in [6.45, 7) is 8.76. The van der Waals surface area contributed by atoms with Gasteiger partial charge in [0.15, 0.2) is 0 Å². The van der Waals surface area contributed by atoms with Gasteiger partial charge in [0.05, 0.1) is 35.8 Å². The third-order valence-electron chi connectivity index (χ3n) is 4.01. The molecule has 0 saturated carbocycles. The molecule has 1 aliphatic heterocycles. The molecule has 0 aliphatic carbocycles. The quantitative estimate of drug-likeness (QED) is 0.844. The van der Waals surface area contributed by atoms with E-state index in [-0.39, 0.29) is 10.8 Å². The molecule has 2 heterocycles. The summed E-state index contributed by atoms with van der Waals surface area (Å²) in [5.74, 6) is 0. The Hall–Kier alpha value is -1.05. The predicted molar refractivity (Wildman–Crippen MR) is 96.7 cm³/mol. The molecular formula is C17H22ClN3O2S. The van der Waals surface area contributed by atoms with E-state index in [1.165, 1.54) is 0 Å². The molecule has 2 atom stereocenters. The van der Waals surface area contributed by atoms with Gasteiger partial charge in [-0.3, -0.25) is 0 Å². The zero-order chi connectivity index (χ0) is 17.5. The van der Waals surface area contributed by atoms with Crippen LogP contribution in [0.15, 0.2) is 24.4 Å². The third-order valence-corrected chi connectivity index (χ3v) is 5.92. The number of nitrogens with zero attached hydrogens (tertiary/aromatic N) is 2. The zero-order valence-electron chi connectivity index (χ0n) is 14.3. The lowest BCUT2D eigenvalue weighted by Gasteiger charge is -2.30. The Morgan fingerprint density at radius 3 is 2.83 bits per heavy atom. The summed E-state index contributed by atoms with van der Waals surface area (Å²) in [7, 11) is 0. The van der Waals surface area contributed by atoms with E-state index in [0.29, 0.717) is 18.2 Å². The van der Waals surface area contributed by atoms with E-state index in [2.05, 4.69) is 9.82 Å². The second-order valence-electron chi connectivity index (χ2n) is 6.93. The van der Waals surface area contributed by atoms with E-state index in [1.54, 1.807) is 0 Å². The van der Waals surface area contributed by atoms with Crippen LogP contribution in [0.3, 0.4) is 0 Å². The Morgan fingerprint density at radius 2 is 2.17 bits per heavy atom. The predicted octanol–water partition coefficient (Wildman–Crippen LogP) is 3.46. The minimum atomic E-state index is -1.18. The van der Waals surface area contributed by atoms with Gasteiger partial charge in [0, 0.05) is 16.9 Å². The van der Waals surface area contributed by atoms with Crippen molar-refractivity contribution >= 4 is 23.0 Å². The highest BCUT2D eigenvalue weighted by atomic mass is 35.5. The summed E-state index contributed by atoms with van der Waals surface area (Å²) in [4.78, 5) is 0. The van der Waals surface area contributed by atoms with Gasteiger partial charge in [-0.15, -0.1) is 4.72 Å². The summed E-state index contributed by atoms with van der Waals surface area (Å²) in [6, 6.07) is 5.63. The van der Waals surface area contributed by atoms with Crippen molar-refractivity contribution in [3.63, 3.8) is 0 Å². The summed E-state index contributed by atoms with van der Waals surface area (Å²) in [5, 5.41) is 5.17. The molecule has 0 fully saturated rings. The lowest BCUT2D eigenvalue weighted by Crippen LogP contribution is -2.43. The van der Waals surface area contributed by atoms with Crippen molar-refractivity contribution in [3.8, 4) is 5.69 Å². The largest absolute Gasteiger partial charge is 0.598 e. The molecule has 1 aromatic heterocycles.